The van der Waals surface area contributed by atoms with E-state index in [4.69, 9.17) is 6.57 Å². The molecule has 7 heavy (non-hydrogen) atoms. The molecule has 0 fully saturated rings. The molecule has 0 saturated carbocycles. The molecule has 3 nitrogen and oxygen atoms in total. The van der Waals surface area contributed by atoms with E-state index in [2.05, 4.69) is 14.5 Å². The van der Waals surface area contributed by atoms with Crippen LogP contribution in [0.5, 0.6) is 0 Å². The van der Waals surface area contributed by atoms with E-state index in [1.165, 1.54) is 12.3 Å². The summed E-state index contributed by atoms with van der Waals surface area (Å²) < 4.78 is 4.34. The molecular formula is C4H2N2O. The van der Waals surface area contributed by atoms with Crippen molar-refractivity contribution in [3.63, 3.8) is 0 Å². The van der Waals surface area contributed by atoms with Gasteiger partial charge in [0, 0.05) is 6.07 Å². The van der Waals surface area contributed by atoms with Crippen LogP contribution in [-0.4, -0.2) is 5.16 Å². The molecule has 0 spiro atoms. The number of nitrogens with zero attached hydrogens (tertiary/aromatic N) is 2. The van der Waals surface area contributed by atoms with Gasteiger partial charge in [-0.15, -0.1) is 0 Å². The predicted octanol–water partition coefficient (Wildman–Crippen LogP) is 1.23. The molecule has 0 amide bonds. The van der Waals surface area contributed by atoms with Crippen LogP contribution in [0.15, 0.2) is 16.9 Å². The van der Waals surface area contributed by atoms with E-state index < -0.39 is 0 Å². The first kappa shape index (κ1) is 3.88. The van der Waals surface area contributed by atoms with Gasteiger partial charge in [0.1, 0.15) is 6.26 Å². The summed E-state index contributed by atoms with van der Waals surface area (Å²) in [5.41, 5.74) is 0. The Balaban J connectivity index is 3.04. The largest absolute Gasteiger partial charge is 0.357 e. The molecule has 0 saturated heterocycles. The minimum Gasteiger partial charge on any atom is -0.357 e. The Hall–Kier alpha value is -1.30. The van der Waals surface area contributed by atoms with Gasteiger partial charge in [-0.1, -0.05) is 6.57 Å². The maximum Gasteiger partial charge on any atom is 0.318 e. The topological polar surface area (TPSA) is 30.4 Å². The van der Waals surface area contributed by atoms with Crippen molar-refractivity contribution in [2.24, 2.45) is 0 Å². The Morgan fingerprint density at radius 3 is 3.00 bits per heavy atom. The average molecular weight is 94.1 g/mol. The van der Waals surface area contributed by atoms with Gasteiger partial charge < -0.3 is 4.85 Å². The zero-order chi connectivity index (χ0) is 5.11. The quantitative estimate of drug-likeness (QED) is 0.452. The molecule has 1 aromatic rings. The number of hydrogen-bond acceptors (Lipinski definition) is 2. The molecule has 0 aliphatic heterocycles. The van der Waals surface area contributed by atoms with Gasteiger partial charge in [0.15, 0.2) is 0 Å². The van der Waals surface area contributed by atoms with Gasteiger partial charge in [0.25, 0.3) is 0 Å². The number of rotatable bonds is 0. The second kappa shape index (κ2) is 1.43. The zero-order valence-corrected chi connectivity index (χ0v) is 3.46. The fraction of sp³-hybridized carbons (Fsp3) is 0. The molecule has 0 radical (unpaired) electrons. The van der Waals surface area contributed by atoms with Crippen molar-refractivity contribution >= 4 is 5.82 Å². The Bertz CT molecular complexity index is 172. The van der Waals surface area contributed by atoms with Crippen molar-refractivity contribution in [2.45, 2.75) is 0 Å². The van der Waals surface area contributed by atoms with Crippen molar-refractivity contribution in [1.82, 2.24) is 5.16 Å². The van der Waals surface area contributed by atoms with Crippen LogP contribution >= 0.6 is 0 Å². The van der Waals surface area contributed by atoms with Gasteiger partial charge in [0.05, 0.1) is 5.16 Å². The first-order chi connectivity index (χ1) is 3.43. The van der Waals surface area contributed by atoms with Gasteiger partial charge in [0.2, 0.25) is 0 Å². The summed E-state index contributed by atoms with van der Waals surface area (Å²) in [5.74, 6) is 0.306. The number of hydrogen-bond donors (Lipinski definition) is 0. The third-order valence-electron chi connectivity index (χ3n) is 0.539. The maximum absolute atomic E-state index is 6.36. The van der Waals surface area contributed by atoms with Crippen LogP contribution in [0.4, 0.5) is 5.82 Å². The van der Waals surface area contributed by atoms with Crippen molar-refractivity contribution in [3.05, 3.63) is 23.7 Å². The second-order valence-corrected chi connectivity index (χ2v) is 0.969. The van der Waals surface area contributed by atoms with E-state index >= 15 is 0 Å². The van der Waals surface area contributed by atoms with Crippen molar-refractivity contribution in [2.75, 3.05) is 0 Å². The van der Waals surface area contributed by atoms with E-state index in [1.54, 1.807) is 0 Å². The average Bonchev–Trinajstić information content (AvgIpc) is 2.14. The summed E-state index contributed by atoms with van der Waals surface area (Å²) in [6.07, 6.45) is 1.37. The van der Waals surface area contributed by atoms with Crippen LogP contribution in [0, 0.1) is 6.57 Å². The van der Waals surface area contributed by atoms with Crippen LogP contribution in [-0.2, 0) is 0 Å². The lowest BCUT2D eigenvalue weighted by Gasteiger charge is -1.62. The molecule has 1 heterocycles. The van der Waals surface area contributed by atoms with Crippen LogP contribution in [0.1, 0.15) is 0 Å². The smallest absolute Gasteiger partial charge is 0.318 e. The lowest BCUT2D eigenvalue weighted by atomic mass is 10.7. The van der Waals surface area contributed by atoms with Gasteiger partial charge in [-0.05, 0) is 0 Å². The van der Waals surface area contributed by atoms with Crippen LogP contribution < -0.4 is 0 Å². The van der Waals surface area contributed by atoms with Crippen molar-refractivity contribution < 1.29 is 4.52 Å². The molecule has 1 rings (SSSR count). The predicted molar refractivity (Wildman–Crippen MR) is 22.8 cm³/mol. The maximum atomic E-state index is 6.36. The van der Waals surface area contributed by atoms with Crippen molar-refractivity contribution in [3.8, 4) is 0 Å². The molecule has 1 aromatic heterocycles. The van der Waals surface area contributed by atoms with E-state index in [-0.39, 0.29) is 0 Å². The van der Waals surface area contributed by atoms with Gasteiger partial charge >= 0.3 is 5.82 Å². The number of aromatic nitrogens is 1. The third kappa shape index (κ3) is 0.578. The zero-order valence-electron chi connectivity index (χ0n) is 3.46. The summed E-state index contributed by atoms with van der Waals surface area (Å²) in [7, 11) is 0. The molecule has 0 aliphatic rings. The Kier molecular flexibility index (Phi) is 0.794. The third-order valence-corrected chi connectivity index (χ3v) is 0.539. The summed E-state index contributed by atoms with van der Waals surface area (Å²) in [4.78, 5) is 2.98. The molecule has 0 atom stereocenters. The van der Waals surface area contributed by atoms with Gasteiger partial charge in [-0.25, -0.2) is 0 Å². The summed E-state index contributed by atoms with van der Waals surface area (Å²) >= 11 is 0. The van der Waals surface area contributed by atoms with Crippen molar-refractivity contribution in [1.29, 1.82) is 0 Å². The van der Waals surface area contributed by atoms with Crippen LogP contribution in [0.3, 0.4) is 0 Å². The summed E-state index contributed by atoms with van der Waals surface area (Å²) in [5, 5.41) is 3.31. The van der Waals surface area contributed by atoms with Gasteiger partial charge in [-0.2, -0.15) is 0 Å². The molecule has 0 unspecified atom stereocenters. The van der Waals surface area contributed by atoms with Crippen LogP contribution in [0.25, 0.3) is 4.85 Å². The molecule has 0 N–H and O–H groups in total. The molecule has 3 heteroatoms. The summed E-state index contributed by atoms with van der Waals surface area (Å²) in [6.45, 7) is 6.36. The monoisotopic (exact) mass is 94.0 g/mol. The standard InChI is InChI=1S/C4H2N2O/c1-5-4-2-3-7-6-4/h2-3H. The van der Waals surface area contributed by atoms with Crippen LogP contribution in [0.2, 0.25) is 0 Å². The first-order valence-electron chi connectivity index (χ1n) is 1.71. The van der Waals surface area contributed by atoms with E-state index in [9.17, 15) is 0 Å². The van der Waals surface area contributed by atoms with Gasteiger partial charge in [-0.3, -0.25) is 4.52 Å². The highest BCUT2D eigenvalue weighted by Crippen LogP contribution is 2.03. The van der Waals surface area contributed by atoms with E-state index in [0.29, 0.717) is 5.82 Å². The highest BCUT2D eigenvalue weighted by Gasteiger charge is 1.88. The van der Waals surface area contributed by atoms with E-state index in [1.807, 2.05) is 0 Å². The second-order valence-electron chi connectivity index (χ2n) is 0.969. The minimum atomic E-state index is 0.306. The van der Waals surface area contributed by atoms with E-state index in [0.717, 1.165) is 0 Å². The normalized spacial score (nSPS) is 7.86. The SMILES string of the molecule is [C-]#[N+]c1ccon1. The lowest BCUT2D eigenvalue weighted by molar-refractivity contribution is 0.424. The lowest BCUT2D eigenvalue weighted by Crippen LogP contribution is -1.48. The first-order valence-corrected chi connectivity index (χ1v) is 1.71. The molecular weight excluding hydrogens is 92.1 g/mol. The Labute approximate surface area is 40.4 Å². The minimum absolute atomic E-state index is 0.306. The molecule has 0 aromatic carbocycles. The highest BCUT2D eigenvalue weighted by atomic mass is 16.5. The molecule has 0 aliphatic carbocycles. The highest BCUT2D eigenvalue weighted by molar-refractivity contribution is 5.30. The molecule has 34 valence electrons. The fourth-order valence-corrected chi connectivity index (χ4v) is 0.264. The Morgan fingerprint density at radius 1 is 1.86 bits per heavy atom. The summed E-state index contributed by atoms with van der Waals surface area (Å²) in [6, 6.07) is 1.51. The Morgan fingerprint density at radius 2 is 2.71 bits per heavy atom. The fourth-order valence-electron chi connectivity index (χ4n) is 0.264. The molecule has 0 bridgehead atoms.